The number of aromatic amines is 1. The Balaban J connectivity index is 1.65. The fraction of sp³-hybridized carbons (Fsp3) is 0.263. The maximum absolute atomic E-state index is 12.5. The maximum Gasteiger partial charge on any atom is 0.251 e. The number of amides is 1. The first-order chi connectivity index (χ1) is 13.1. The topological polar surface area (TPSA) is 96.0 Å². The smallest absolute Gasteiger partial charge is 0.251 e. The highest BCUT2D eigenvalue weighted by atomic mass is 16.5. The van der Waals surface area contributed by atoms with Crippen molar-refractivity contribution in [1.82, 2.24) is 30.8 Å². The number of hydrogen-bond acceptors (Lipinski definition) is 6. The Hall–Kier alpha value is -3.26. The fourth-order valence-corrected chi connectivity index (χ4v) is 2.77. The lowest BCUT2D eigenvalue weighted by Gasteiger charge is -2.25. The molecule has 0 fully saturated rings. The normalized spacial score (nSPS) is 12.0. The maximum atomic E-state index is 12.5. The molecule has 0 aliphatic rings. The van der Waals surface area contributed by atoms with Crippen LogP contribution in [0.5, 0.6) is 5.75 Å². The van der Waals surface area contributed by atoms with Crippen LogP contribution in [-0.4, -0.2) is 59.2 Å². The average Bonchev–Trinajstić information content (AvgIpc) is 3.23. The van der Waals surface area contributed by atoms with Gasteiger partial charge in [-0.3, -0.25) is 4.79 Å². The molecule has 27 heavy (non-hydrogen) atoms. The Morgan fingerprint density at radius 2 is 1.85 bits per heavy atom. The standard InChI is InChI=1S/C19H22N6O2/c1-25(2)17(13-8-10-16(27-3)11-9-13)12-20-19(26)15-6-4-14(5-7-15)18-21-23-24-22-18/h4-11,17H,12H2,1-3H3,(H,20,26)(H,21,22,23,24). The number of carbonyl (C=O) groups is 1. The van der Waals surface area contributed by atoms with E-state index in [0.29, 0.717) is 17.9 Å². The van der Waals surface area contributed by atoms with E-state index >= 15 is 0 Å². The molecule has 3 rings (SSSR count). The van der Waals surface area contributed by atoms with Crippen LogP contribution in [0.25, 0.3) is 11.4 Å². The van der Waals surface area contributed by atoms with E-state index in [2.05, 4.69) is 30.8 Å². The molecular weight excluding hydrogens is 344 g/mol. The first kappa shape index (κ1) is 18.5. The van der Waals surface area contributed by atoms with Crippen LogP contribution in [0.2, 0.25) is 0 Å². The van der Waals surface area contributed by atoms with Gasteiger partial charge in [-0.1, -0.05) is 24.3 Å². The van der Waals surface area contributed by atoms with E-state index in [1.165, 1.54) is 0 Å². The second-order valence-electron chi connectivity index (χ2n) is 6.28. The highest BCUT2D eigenvalue weighted by molar-refractivity contribution is 5.94. The third kappa shape index (κ3) is 4.48. The summed E-state index contributed by atoms with van der Waals surface area (Å²) in [4.78, 5) is 14.6. The quantitative estimate of drug-likeness (QED) is 0.663. The molecule has 3 aromatic rings. The summed E-state index contributed by atoms with van der Waals surface area (Å²) in [6.07, 6.45) is 0. The minimum atomic E-state index is -0.130. The number of rotatable bonds is 7. The third-order valence-electron chi connectivity index (χ3n) is 4.33. The van der Waals surface area contributed by atoms with Crippen LogP contribution < -0.4 is 10.1 Å². The van der Waals surface area contributed by atoms with Crippen molar-refractivity contribution in [1.29, 1.82) is 0 Å². The molecule has 0 radical (unpaired) electrons. The van der Waals surface area contributed by atoms with Crippen molar-refractivity contribution in [2.24, 2.45) is 0 Å². The molecule has 1 unspecified atom stereocenters. The summed E-state index contributed by atoms with van der Waals surface area (Å²) in [7, 11) is 5.62. The second-order valence-corrected chi connectivity index (χ2v) is 6.28. The van der Waals surface area contributed by atoms with Gasteiger partial charge >= 0.3 is 0 Å². The van der Waals surface area contributed by atoms with Crippen molar-refractivity contribution < 1.29 is 9.53 Å². The van der Waals surface area contributed by atoms with Crippen molar-refractivity contribution in [3.8, 4) is 17.1 Å². The Morgan fingerprint density at radius 3 is 2.41 bits per heavy atom. The van der Waals surface area contributed by atoms with Crippen molar-refractivity contribution in [3.05, 3.63) is 59.7 Å². The van der Waals surface area contributed by atoms with Gasteiger partial charge in [-0.2, -0.15) is 5.21 Å². The Labute approximate surface area is 157 Å². The van der Waals surface area contributed by atoms with Crippen LogP contribution in [0, 0.1) is 0 Å². The molecule has 1 heterocycles. The predicted octanol–water partition coefficient (Wildman–Crippen LogP) is 1.91. The molecule has 0 spiro atoms. The highest BCUT2D eigenvalue weighted by Gasteiger charge is 2.16. The first-order valence-electron chi connectivity index (χ1n) is 8.51. The lowest BCUT2D eigenvalue weighted by atomic mass is 10.1. The molecule has 0 aliphatic carbocycles. The molecule has 8 nitrogen and oxygen atoms in total. The van der Waals surface area contributed by atoms with Gasteiger partial charge in [0.05, 0.1) is 13.2 Å². The highest BCUT2D eigenvalue weighted by Crippen LogP contribution is 2.21. The molecule has 0 aliphatic heterocycles. The zero-order valence-corrected chi connectivity index (χ0v) is 15.5. The Bertz CT molecular complexity index is 860. The van der Waals surface area contributed by atoms with Crippen LogP contribution in [0.1, 0.15) is 22.0 Å². The van der Waals surface area contributed by atoms with Crippen LogP contribution in [0.15, 0.2) is 48.5 Å². The lowest BCUT2D eigenvalue weighted by molar-refractivity contribution is 0.0942. The Morgan fingerprint density at radius 1 is 1.15 bits per heavy atom. The second kappa shape index (κ2) is 8.41. The summed E-state index contributed by atoms with van der Waals surface area (Å²) >= 11 is 0. The van der Waals surface area contributed by atoms with E-state index in [0.717, 1.165) is 16.9 Å². The van der Waals surface area contributed by atoms with Gasteiger partial charge in [0.1, 0.15) is 5.75 Å². The molecule has 140 valence electrons. The summed E-state index contributed by atoms with van der Waals surface area (Å²) in [5.41, 5.74) is 2.48. The van der Waals surface area contributed by atoms with Gasteiger partial charge in [-0.25, -0.2) is 0 Å². The van der Waals surface area contributed by atoms with E-state index < -0.39 is 0 Å². The number of nitrogens with zero attached hydrogens (tertiary/aromatic N) is 4. The molecule has 8 heteroatoms. The molecule has 1 atom stereocenters. The van der Waals surface area contributed by atoms with Crippen LogP contribution in [0.4, 0.5) is 0 Å². The zero-order valence-electron chi connectivity index (χ0n) is 15.5. The van der Waals surface area contributed by atoms with E-state index in [9.17, 15) is 4.79 Å². The van der Waals surface area contributed by atoms with Gasteiger partial charge in [-0.05, 0) is 49.1 Å². The lowest BCUT2D eigenvalue weighted by Crippen LogP contribution is -2.34. The largest absolute Gasteiger partial charge is 0.497 e. The number of benzene rings is 2. The molecule has 0 saturated heterocycles. The molecule has 2 aromatic carbocycles. The number of carbonyl (C=O) groups excluding carboxylic acids is 1. The minimum Gasteiger partial charge on any atom is -0.497 e. The van der Waals surface area contributed by atoms with Crippen LogP contribution in [-0.2, 0) is 0 Å². The summed E-state index contributed by atoms with van der Waals surface area (Å²) < 4.78 is 5.20. The van der Waals surface area contributed by atoms with E-state index in [1.54, 1.807) is 31.4 Å². The first-order valence-corrected chi connectivity index (χ1v) is 8.51. The van der Waals surface area contributed by atoms with Crippen LogP contribution in [0.3, 0.4) is 0 Å². The number of ether oxygens (including phenoxy) is 1. The average molecular weight is 366 g/mol. The molecule has 1 aromatic heterocycles. The number of methoxy groups -OCH3 is 1. The van der Waals surface area contributed by atoms with Gasteiger partial charge in [-0.15, -0.1) is 10.2 Å². The SMILES string of the molecule is COc1ccc(C(CNC(=O)c2ccc(-c3nn[nH]n3)cc2)N(C)C)cc1. The van der Waals surface area contributed by atoms with E-state index in [4.69, 9.17) is 4.74 Å². The number of H-pyrrole nitrogens is 1. The monoisotopic (exact) mass is 366 g/mol. The van der Waals surface area contributed by atoms with E-state index in [1.807, 2.05) is 38.4 Å². The van der Waals surface area contributed by atoms with E-state index in [-0.39, 0.29) is 11.9 Å². The molecule has 1 amide bonds. The molecule has 2 N–H and O–H groups in total. The number of tetrazole rings is 1. The Kier molecular flexibility index (Phi) is 5.77. The molecule has 0 bridgehead atoms. The summed E-state index contributed by atoms with van der Waals surface area (Å²) in [5, 5.41) is 16.8. The fourth-order valence-electron chi connectivity index (χ4n) is 2.77. The van der Waals surface area contributed by atoms with Gasteiger partial charge in [0.25, 0.3) is 5.91 Å². The van der Waals surface area contributed by atoms with Crippen molar-refractivity contribution >= 4 is 5.91 Å². The molecule has 0 saturated carbocycles. The summed E-state index contributed by atoms with van der Waals surface area (Å²) in [6.45, 7) is 0.491. The number of hydrogen-bond donors (Lipinski definition) is 2. The minimum absolute atomic E-state index is 0.0541. The van der Waals surface area contributed by atoms with Crippen molar-refractivity contribution in [3.63, 3.8) is 0 Å². The molecular formula is C19H22N6O2. The zero-order chi connectivity index (χ0) is 19.2. The van der Waals surface area contributed by atoms with Crippen molar-refractivity contribution in [2.75, 3.05) is 27.7 Å². The number of likely N-dealkylation sites (N-methyl/N-ethyl adjacent to an activating group) is 1. The van der Waals surface area contributed by atoms with Gasteiger partial charge in [0, 0.05) is 17.7 Å². The summed E-state index contributed by atoms with van der Waals surface area (Å²) in [5.74, 6) is 1.17. The van der Waals surface area contributed by atoms with Crippen molar-refractivity contribution in [2.45, 2.75) is 6.04 Å². The van der Waals surface area contributed by atoms with Gasteiger partial charge < -0.3 is 15.0 Å². The number of aromatic nitrogens is 4. The van der Waals surface area contributed by atoms with Crippen LogP contribution >= 0.6 is 0 Å². The van der Waals surface area contributed by atoms with Gasteiger partial charge in [0.15, 0.2) is 0 Å². The van der Waals surface area contributed by atoms with Gasteiger partial charge in [0.2, 0.25) is 5.82 Å². The summed E-state index contributed by atoms with van der Waals surface area (Å²) in [6, 6.07) is 15.0. The third-order valence-corrected chi connectivity index (χ3v) is 4.33. The number of nitrogens with one attached hydrogen (secondary N) is 2. The predicted molar refractivity (Wildman–Crippen MR) is 101 cm³/mol.